The number of furan rings is 1. The van der Waals surface area contributed by atoms with Crippen molar-refractivity contribution in [2.24, 2.45) is 0 Å². The van der Waals surface area contributed by atoms with E-state index in [2.05, 4.69) is 15.5 Å². The number of benzene rings is 2. The molecule has 0 radical (unpaired) electrons. The molecule has 0 saturated carbocycles. The van der Waals surface area contributed by atoms with Crippen molar-refractivity contribution in [1.29, 1.82) is 0 Å². The lowest BCUT2D eigenvalue weighted by Crippen LogP contribution is -2.10. The van der Waals surface area contributed by atoms with Gasteiger partial charge in [0, 0.05) is 11.3 Å². The molecular formula is C21H17N3O4. The van der Waals surface area contributed by atoms with Crippen molar-refractivity contribution in [1.82, 2.24) is 10.1 Å². The van der Waals surface area contributed by atoms with Crippen LogP contribution in [0.2, 0.25) is 0 Å². The summed E-state index contributed by atoms with van der Waals surface area (Å²) in [7, 11) is 0. The van der Waals surface area contributed by atoms with Crippen LogP contribution in [0.25, 0.3) is 22.8 Å². The maximum Gasteiger partial charge on any atom is 0.291 e. The van der Waals surface area contributed by atoms with E-state index in [1.54, 1.807) is 36.4 Å². The Bertz CT molecular complexity index is 1070. The number of nitrogens with one attached hydrogen (secondary N) is 1. The number of carbonyl (C=O) groups is 1. The smallest absolute Gasteiger partial charge is 0.291 e. The first-order valence-electron chi connectivity index (χ1n) is 8.76. The van der Waals surface area contributed by atoms with Gasteiger partial charge in [0.15, 0.2) is 5.76 Å². The van der Waals surface area contributed by atoms with Gasteiger partial charge >= 0.3 is 0 Å². The summed E-state index contributed by atoms with van der Waals surface area (Å²) in [5.41, 5.74) is 2.14. The van der Waals surface area contributed by atoms with E-state index in [4.69, 9.17) is 13.7 Å². The van der Waals surface area contributed by atoms with Gasteiger partial charge < -0.3 is 19.0 Å². The number of aromatic nitrogens is 2. The third-order valence-electron chi connectivity index (χ3n) is 3.99. The molecule has 0 fully saturated rings. The average molecular weight is 375 g/mol. The molecule has 28 heavy (non-hydrogen) atoms. The average Bonchev–Trinajstić information content (AvgIpc) is 3.42. The molecule has 7 heteroatoms. The van der Waals surface area contributed by atoms with Crippen LogP contribution in [-0.2, 0) is 0 Å². The van der Waals surface area contributed by atoms with E-state index in [-0.39, 0.29) is 11.7 Å². The lowest BCUT2D eigenvalue weighted by Gasteiger charge is -2.05. The molecule has 2 aromatic heterocycles. The van der Waals surface area contributed by atoms with Gasteiger partial charge in [-0.15, -0.1) is 0 Å². The molecule has 1 amide bonds. The highest BCUT2D eigenvalue weighted by Gasteiger charge is 2.15. The van der Waals surface area contributed by atoms with Crippen LogP contribution in [0.5, 0.6) is 5.75 Å². The summed E-state index contributed by atoms with van der Waals surface area (Å²) < 4.78 is 16.1. The fraction of sp³-hybridized carbons (Fsp3) is 0.0952. The van der Waals surface area contributed by atoms with Gasteiger partial charge in [-0.2, -0.15) is 4.98 Å². The van der Waals surface area contributed by atoms with Crippen LogP contribution in [0.3, 0.4) is 0 Å². The van der Waals surface area contributed by atoms with Gasteiger partial charge in [-0.3, -0.25) is 4.79 Å². The zero-order valence-electron chi connectivity index (χ0n) is 15.1. The maximum absolute atomic E-state index is 12.0. The first-order chi connectivity index (χ1) is 13.7. The van der Waals surface area contributed by atoms with Crippen molar-refractivity contribution in [3.8, 4) is 28.6 Å². The number of carbonyl (C=O) groups excluding carboxylic acids is 1. The lowest BCUT2D eigenvalue weighted by molar-refractivity contribution is 0.0996. The fourth-order valence-electron chi connectivity index (χ4n) is 2.68. The Hall–Kier alpha value is -3.87. The Morgan fingerprint density at radius 2 is 1.89 bits per heavy atom. The van der Waals surface area contributed by atoms with E-state index in [9.17, 15) is 4.79 Å². The minimum atomic E-state index is -0.313. The summed E-state index contributed by atoms with van der Waals surface area (Å²) in [6.07, 6.45) is 1.45. The molecule has 140 valence electrons. The number of rotatable bonds is 6. The number of hydrogen-bond acceptors (Lipinski definition) is 6. The van der Waals surface area contributed by atoms with Crippen LogP contribution in [0.1, 0.15) is 17.5 Å². The van der Waals surface area contributed by atoms with E-state index in [0.29, 0.717) is 29.8 Å². The molecule has 0 aliphatic rings. The van der Waals surface area contributed by atoms with E-state index in [0.717, 1.165) is 11.1 Å². The quantitative estimate of drug-likeness (QED) is 0.528. The Kier molecular flexibility index (Phi) is 4.88. The predicted octanol–water partition coefficient (Wildman–Crippen LogP) is 4.65. The summed E-state index contributed by atoms with van der Waals surface area (Å²) in [6.45, 7) is 2.46. The molecule has 4 aromatic rings. The summed E-state index contributed by atoms with van der Waals surface area (Å²) >= 11 is 0. The van der Waals surface area contributed by atoms with Crippen LogP contribution in [0.15, 0.2) is 75.9 Å². The molecule has 0 unspecified atom stereocenters. The molecule has 2 heterocycles. The fourth-order valence-corrected chi connectivity index (χ4v) is 2.68. The van der Waals surface area contributed by atoms with Crippen molar-refractivity contribution in [3.63, 3.8) is 0 Å². The second-order valence-corrected chi connectivity index (χ2v) is 5.86. The molecule has 1 N–H and O–H groups in total. The summed E-state index contributed by atoms with van der Waals surface area (Å²) in [5.74, 6) is 1.46. The van der Waals surface area contributed by atoms with Crippen molar-refractivity contribution in [2.75, 3.05) is 11.9 Å². The molecule has 0 bridgehead atoms. The second-order valence-electron chi connectivity index (χ2n) is 5.86. The molecule has 0 spiro atoms. The van der Waals surface area contributed by atoms with Crippen molar-refractivity contribution in [2.45, 2.75) is 6.92 Å². The van der Waals surface area contributed by atoms with Gasteiger partial charge in [-0.05, 0) is 55.5 Å². The third-order valence-corrected chi connectivity index (χ3v) is 3.99. The van der Waals surface area contributed by atoms with Gasteiger partial charge in [0.1, 0.15) is 5.75 Å². The van der Waals surface area contributed by atoms with Gasteiger partial charge in [-0.1, -0.05) is 17.3 Å². The first-order valence-corrected chi connectivity index (χ1v) is 8.76. The molecule has 2 aromatic carbocycles. The standard InChI is InChI=1S/C21H17N3O4/c1-2-26-17-7-4-3-6-16(17)21-23-19(24-28-21)14-9-11-15(12-10-14)22-20(25)18-8-5-13-27-18/h3-13H,2H2,1H3,(H,22,25). The zero-order valence-corrected chi connectivity index (χ0v) is 15.1. The minimum absolute atomic E-state index is 0.250. The predicted molar refractivity (Wildman–Crippen MR) is 103 cm³/mol. The molecule has 4 rings (SSSR count). The Labute approximate surface area is 161 Å². The monoisotopic (exact) mass is 375 g/mol. The highest BCUT2D eigenvalue weighted by Crippen LogP contribution is 2.30. The number of amides is 1. The third kappa shape index (κ3) is 3.64. The highest BCUT2D eigenvalue weighted by atomic mass is 16.5. The van der Waals surface area contributed by atoms with Crippen LogP contribution >= 0.6 is 0 Å². The van der Waals surface area contributed by atoms with Crippen molar-refractivity contribution >= 4 is 11.6 Å². The number of para-hydroxylation sites is 1. The van der Waals surface area contributed by atoms with E-state index in [1.165, 1.54) is 6.26 Å². The largest absolute Gasteiger partial charge is 0.493 e. The number of nitrogens with zero attached hydrogens (tertiary/aromatic N) is 2. The van der Waals surface area contributed by atoms with Gasteiger partial charge in [0.2, 0.25) is 5.82 Å². The zero-order chi connectivity index (χ0) is 19.3. The number of anilines is 1. The summed E-state index contributed by atoms with van der Waals surface area (Å²) in [6, 6.07) is 17.9. The van der Waals surface area contributed by atoms with Crippen molar-refractivity contribution in [3.05, 3.63) is 72.7 Å². The summed E-state index contributed by atoms with van der Waals surface area (Å²) in [5, 5.41) is 6.81. The van der Waals surface area contributed by atoms with E-state index in [1.807, 2.05) is 31.2 Å². The number of ether oxygens (including phenoxy) is 1. The second kappa shape index (κ2) is 7.79. The minimum Gasteiger partial charge on any atom is -0.493 e. The van der Waals surface area contributed by atoms with E-state index >= 15 is 0 Å². The molecule has 0 saturated heterocycles. The van der Waals surface area contributed by atoms with Crippen LogP contribution in [0, 0.1) is 0 Å². The van der Waals surface area contributed by atoms with E-state index < -0.39 is 0 Å². The summed E-state index contributed by atoms with van der Waals surface area (Å²) in [4.78, 5) is 16.5. The maximum atomic E-state index is 12.0. The Balaban J connectivity index is 1.52. The molecule has 0 aliphatic carbocycles. The van der Waals surface area contributed by atoms with Gasteiger partial charge in [0.25, 0.3) is 11.8 Å². The highest BCUT2D eigenvalue weighted by molar-refractivity contribution is 6.02. The first kappa shape index (κ1) is 17.5. The topological polar surface area (TPSA) is 90.4 Å². The normalized spacial score (nSPS) is 10.6. The molecule has 7 nitrogen and oxygen atoms in total. The molecular weight excluding hydrogens is 358 g/mol. The Morgan fingerprint density at radius 1 is 1.07 bits per heavy atom. The SMILES string of the molecule is CCOc1ccccc1-c1nc(-c2ccc(NC(=O)c3ccco3)cc2)no1. The number of hydrogen-bond donors (Lipinski definition) is 1. The van der Waals surface area contributed by atoms with Crippen molar-refractivity contribution < 1.29 is 18.5 Å². The van der Waals surface area contributed by atoms with Crippen LogP contribution in [-0.4, -0.2) is 22.7 Å². The van der Waals surface area contributed by atoms with Crippen LogP contribution < -0.4 is 10.1 Å². The molecule has 0 atom stereocenters. The Morgan fingerprint density at radius 3 is 2.64 bits per heavy atom. The lowest BCUT2D eigenvalue weighted by atomic mass is 10.2. The molecule has 0 aliphatic heterocycles. The van der Waals surface area contributed by atoms with Crippen LogP contribution in [0.4, 0.5) is 5.69 Å². The van der Waals surface area contributed by atoms with Gasteiger partial charge in [-0.25, -0.2) is 0 Å². The van der Waals surface area contributed by atoms with Gasteiger partial charge in [0.05, 0.1) is 18.4 Å².